The van der Waals surface area contributed by atoms with E-state index in [-0.39, 0.29) is 0 Å². The molecule has 1 fully saturated rings. The molecule has 0 radical (unpaired) electrons. The van der Waals surface area contributed by atoms with Crippen molar-refractivity contribution >= 4 is 0 Å². The van der Waals surface area contributed by atoms with E-state index in [1.54, 1.807) is 0 Å². The molecule has 1 aliphatic heterocycles. The summed E-state index contributed by atoms with van der Waals surface area (Å²) in [6, 6.07) is 7.92. The summed E-state index contributed by atoms with van der Waals surface area (Å²) in [6.45, 7) is 4.58. The van der Waals surface area contributed by atoms with Crippen LogP contribution < -0.4 is 9.47 Å². The maximum absolute atomic E-state index is 5.81. The summed E-state index contributed by atoms with van der Waals surface area (Å²) in [5.74, 6) is 1.82. The molecule has 3 nitrogen and oxygen atoms in total. The van der Waals surface area contributed by atoms with Gasteiger partial charge in [0.25, 0.3) is 0 Å². The van der Waals surface area contributed by atoms with Gasteiger partial charge in [0.15, 0.2) is 0 Å². The van der Waals surface area contributed by atoms with Gasteiger partial charge in [-0.3, -0.25) is 0 Å². The lowest BCUT2D eigenvalue weighted by molar-refractivity contribution is 0.262. The Morgan fingerprint density at radius 2 is 1.19 bits per heavy atom. The molecule has 3 heteroatoms. The van der Waals surface area contributed by atoms with E-state index in [4.69, 9.17) is 14.2 Å². The summed E-state index contributed by atoms with van der Waals surface area (Å²) in [6.07, 6.45) is 16.8. The number of hydrogen-bond acceptors (Lipinski definition) is 3. The minimum atomic E-state index is 0.303. The Labute approximate surface area is 160 Å². The van der Waals surface area contributed by atoms with Crippen LogP contribution in [0.1, 0.15) is 84.0 Å². The average Bonchev–Trinajstić information content (AvgIpc) is 3.49. The summed E-state index contributed by atoms with van der Waals surface area (Å²) < 4.78 is 16.6. The summed E-state index contributed by atoms with van der Waals surface area (Å²) in [5, 5.41) is 0. The molecular weight excluding hydrogens is 324 g/mol. The van der Waals surface area contributed by atoms with Gasteiger partial charge >= 0.3 is 0 Å². The average molecular weight is 363 g/mol. The zero-order valence-corrected chi connectivity index (χ0v) is 16.7. The van der Waals surface area contributed by atoms with Crippen LogP contribution in [0.4, 0.5) is 0 Å². The van der Waals surface area contributed by atoms with Crippen LogP contribution in [0.5, 0.6) is 11.5 Å². The predicted molar refractivity (Wildman–Crippen MR) is 108 cm³/mol. The van der Waals surface area contributed by atoms with Gasteiger partial charge < -0.3 is 14.2 Å². The Bertz CT molecular complexity index is 439. The molecule has 0 spiro atoms. The molecular formula is C23H38O3. The van der Waals surface area contributed by atoms with Crippen LogP contribution in [-0.4, -0.2) is 25.9 Å². The molecule has 1 unspecified atom stereocenters. The number of benzene rings is 1. The van der Waals surface area contributed by atoms with Crippen molar-refractivity contribution in [3.63, 3.8) is 0 Å². The first kappa shape index (κ1) is 21.1. The molecule has 0 amide bonds. The topological polar surface area (TPSA) is 31.0 Å². The van der Waals surface area contributed by atoms with Crippen LogP contribution in [0.2, 0.25) is 0 Å². The van der Waals surface area contributed by atoms with Crippen molar-refractivity contribution < 1.29 is 14.2 Å². The van der Waals surface area contributed by atoms with Crippen molar-refractivity contribution in [3.8, 4) is 11.5 Å². The smallest absolute Gasteiger partial charge is 0.119 e. The van der Waals surface area contributed by atoms with Gasteiger partial charge in [0.2, 0.25) is 0 Å². The van der Waals surface area contributed by atoms with Gasteiger partial charge in [-0.15, -0.1) is 0 Å². The highest BCUT2D eigenvalue weighted by atomic mass is 16.6. The molecule has 1 saturated heterocycles. The predicted octanol–water partition coefficient (Wildman–Crippen LogP) is 6.54. The van der Waals surface area contributed by atoms with Crippen LogP contribution in [0.15, 0.2) is 24.3 Å². The third kappa shape index (κ3) is 10.7. The van der Waals surface area contributed by atoms with Gasteiger partial charge in [0.05, 0.1) is 13.2 Å². The normalized spacial score (nSPS) is 15.8. The summed E-state index contributed by atoms with van der Waals surface area (Å²) in [5.41, 5.74) is 0. The molecule has 1 aromatic rings. The number of hydrogen-bond donors (Lipinski definition) is 0. The molecule has 0 aromatic heterocycles. The van der Waals surface area contributed by atoms with Gasteiger partial charge in [0.1, 0.15) is 24.2 Å². The quantitative estimate of drug-likeness (QED) is 0.233. The second-order valence-corrected chi connectivity index (χ2v) is 7.48. The zero-order valence-electron chi connectivity index (χ0n) is 16.7. The molecule has 0 aliphatic carbocycles. The van der Waals surface area contributed by atoms with Crippen molar-refractivity contribution in [2.75, 3.05) is 19.8 Å². The molecule has 1 aromatic carbocycles. The zero-order chi connectivity index (χ0) is 18.3. The SMILES string of the molecule is CCCCCCCCCCCCCCOc1ccc(OCC2CO2)cc1. The molecule has 1 heterocycles. The Hall–Kier alpha value is -1.22. The Morgan fingerprint density at radius 1 is 0.731 bits per heavy atom. The fourth-order valence-electron chi connectivity index (χ4n) is 3.12. The minimum Gasteiger partial charge on any atom is -0.494 e. The molecule has 2 rings (SSSR count). The lowest BCUT2D eigenvalue weighted by atomic mass is 10.1. The van der Waals surface area contributed by atoms with Crippen LogP contribution in [0.3, 0.4) is 0 Å². The molecule has 26 heavy (non-hydrogen) atoms. The minimum absolute atomic E-state index is 0.303. The van der Waals surface area contributed by atoms with Crippen LogP contribution in [0, 0.1) is 0 Å². The van der Waals surface area contributed by atoms with E-state index < -0.39 is 0 Å². The van der Waals surface area contributed by atoms with Gasteiger partial charge in [-0.1, -0.05) is 77.6 Å². The second kappa shape index (κ2) is 13.9. The van der Waals surface area contributed by atoms with Gasteiger partial charge in [-0.05, 0) is 30.7 Å². The van der Waals surface area contributed by atoms with Crippen LogP contribution in [0.25, 0.3) is 0 Å². The Kier molecular flexibility index (Phi) is 11.3. The van der Waals surface area contributed by atoms with E-state index in [9.17, 15) is 0 Å². The molecule has 148 valence electrons. The highest BCUT2D eigenvalue weighted by Gasteiger charge is 2.22. The highest BCUT2D eigenvalue weighted by molar-refractivity contribution is 5.31. The standard InChI is InChI=1S/C23H38O3/c1-2-3-4-5-6-7-8-9-10-11-12-13-18-24-21-14-16-22(17-15-21)25-19-23-20-26-23/h14-17,23H,2-13,18-20H2,1H3. The van der Waals surface area contributed by atoms with E-state index in [0.717, 1.165) is 31.1 Å². The van der Waals surface area contributed by atoms with Crippen molar-refractivity contribution in [2.24, 2.45) is 0 Å². The first-order valence-corrected chi connectivity index (χ1v) is 10.9. The maximum Gasteiger partial charge on any atom is 0.119 e. The Balaban J connectivity index is 1.35. The molecule has 0 bridgehead atoms. The monoisotopic (exact) mass is 362 g/mol. The van der Waals surface area contributed by atoms with Crippen LogP contribution >= 0.6 is 0 Å². The van der Waals surface area contributed by atoms with E-state index in [0.29, 0.717) is 12.7 Å². The second-order valence-electron chi connectivity index (χ2n) is 7.48. The maximum atomic E-state index is 5.81. The van der Waals surface area contributed by atoms with Gasteiger partial charge in [0, 0.05) is 0 Å². The molecule has 0 N–H and O–H groups in total. The van der Waals surface area contributed by atoms with Crippen molar-refractivity contribution in [1.82, 2.24) is 0 Å². The lowest BCUT2D eigenvalue weighted by Crippen LogP contribution is -2.04. The third-order valence-corrected chi connectivity index (χ3v) is 4.93. The summed E-state index contributed by atoms with van der Waals surface area (Å²) in [4.78, 5) is 0. The van der Waals surface area contributed by atoms with Gasteiger partial charge in [-0.2, -0.15) is 0 Å². The summed E-state index contributed by atoms with van der Waals surface area (Å²) >= 11 is 0. The van der Waals surface area contributed by atoms with E-state index >= 15 is 0 Å². The molecule has 1 atom stereocenters. The summed E-state index contributed by atoms with van der Waals surface area (Å²) in [7, 11) is 0. The highest BCUT2D eigenvalue weighted by Crippen LogP contribution is 2.20. The van der Waals surface area contributed by atoms with E-state index in [2.05, 4.69) is 6.92 Å². The number of unbranched alkanes of at least 4 members (excludes halogenated alkanes) is 11. The van der Waals surface area contributed by atoms with E-state index in [1.807, 2.05) is 24.3 Å². The van der Waals surface area contributed by atoms with Crippen molar-refractivity contribution in [3.05, 3.63) is 24.3 Å². The largest absolute Gasteiger partial charge is 0.494 e. The fourth-order valence-corrected chi connectivity index (χ4v) is 3.12. The number of ether oxygens (including phenoxy) is 3. The fraction of sp³-hybridized carbons (Fsp3) is 0.739. The van der Waals surface area contributed by atoms with Gasteiger partial charge in [-0.25, -0.2) is 0 Å². The molecule has 0 saturated carbocycles. The van der Waals surface area contributed by atoms with Crippen molar-refractivity contribution in [1.29, 1.82) is 0 Å². The number of epoxide rings is 1. The third-order valence-electron chi connectivity index (χ3n) is 4.93. The Morgan fingerprint density at radius 3 is 1.69 bits per heavy atom. The van der Waals surface area contributed by atoms with E-state index in [1.165, 1.54) is 70.6 Å². The molecule has 1 aliphatic rings. The number of rotatable bonds is 17. The van der Waals surface area contributed by atoms with Crippen LogP contribution in [-0.2, 0) is 4.74 Å². The lowest BCUT2D eigenvalue weighted by Gasteiger charge is -2.08. The first-order valence-electron chi connectivity index (χ1n) is 10.9. The van der Waals surface area contributed by atoms with Crippen molar-refractivity contribution in [2.45, 2.75) is 90.1 Å². The first-order chi connectivity index (χ1) is 12.9.